The Labute approximate surface area is 181 Å². The summed E-state index contributed by atoms with van der Waals surface area (Å²) in [5, 5.41) is 11.9. The van der Waals surface area contributed by atoms with Gasteiger partial charge in [-0.05, 0) is 56.0 Å². The van der Waals surface area contributed by atoms with Crippen LogP contribution in [0, 0.1) is 16.0 Å². The molecule has 0 aliphatic carbocycles. The number of furan rings is 1. The normalized spacial score (nSPS) is 15.6. The number of ketones is 1. The van der Waals surface area contributed by atoms with Gasteiger partial charge in [-0.15, -0.1) is 0 Å². The molecule has 2 heterocycles. The highest BCUT2D eigenvalue weighted by Gasteiger charge is 2.27. The molecule has 2 N–H and O–H groups in total. The van der Waals surface area contributed by atoms with Crippen molar-refractivity contribution in [3.8, 4) is 0 Å². The van der Waals surface area contributed by atoms with E-state index in [9.17, 15) is 14.9 Å². The van der Waals surface area contributed by atoms with E-state index in [1.807, 2.05) is 6.07 Å². The standard InChI is InChI=1S/C24H27N3O4/c1-15(2)14-26-10-8-16(9-11-26)22-20-13-18(6-7-21(20)31-24(22)25)23(28)17-4-3-5-19(12-17)27(29)30/h3-7,12-13,15-16H,8-11,14,25H2,1-2H3. The predicted octanol–water partition coefficient (Wildman–Crippen LogP) is 4.99. The highest BCUT2D eigenvalue weighted by molar-refractivity contribution is 6.11. The van der Waals surface area contributed by atoms with Gasteiger partial charge < -0.3 is 15.1 Å². The molecule has 0 radical (unpaired) electrons. The van der Waals surface area contributed by atoms with Crippen LogP contribution in [0.2, 0.25) is 0 Å². The van der Waals surface area contributed by atoms with Crippen LogP contribution in [0.15, 0.2) is 46.9 Å². The van der Waals surface area contributed by atoms with Gasteiger partial charge in [-0.1, -0.05) is 26.0 Å². The van der Waals surface area contributed by atoms with Crippen LogP contribution in [0.5, 0.6) is 0 Å². The van der Waals surface area contributed by atoms with E-state index >= 15 is 0 Å². The van der Waals surface area contributed by atoms with Gasteiger partial charge in [0.05, 0.1) is 4.92 Å². The van der Waals surface area contributed by atoms with Gasteiger partial charge >= 0.3 is 0 Å². The number of anilines is 1. The molecule has 0 atom stereocenters. The number of carbonyl (C=O) groups is 1. The van der Waals surface area contributed by atoms with Crippen molar-refractivity contribution < 1.29 is 14.1 Å². The molecule has 4 rings (SSSR count). The molecule has 0 bridgehead atoms. The van der Waals surface area contributed by atoms with Gasteiger partial charge in [-0.25, -0.2) is 0 Å². The van der Waals surface area contributed by atoms with E-state index < -0.39 is 4.92 Å². The van der Waals surface area contributed by atoms with E-state index in [-0.39, 0.29) is 23.0 Å². The Morgan fingerprint density at radius 1 is 1.19 bits per heavy atom. The second kappa shape index (κ2) is 8.51. The predicted molar refractivity (Wildman–Crippen MR) is 120 cm³/mol. The zero-order valence-electron chi connectivity index (χ0n) is 17.8. The van der Waals surface area contributed by atoms with Crippen molar-refractivity contribution in [3.05, 3.63) is 69.3 Å². The molecule has 3 aromatic rings. The van der Waals surface area contributed by atoms with Crippen molar-refractivity contribution in [1.29, 1.82) is 0 Å². The fourth-order valence-corrected chi connectivity index (χ4v) is 4.55. The summed E-state index contributed by atoms with van der Waals surface area (Å²) in [6, 6.07) is 11.0. The smallest absolute Gasteiger partial charge is 0.270 e. The van der Waals surface area contributed by atoms with Crippen LogP contribution in [-0.4, -0.2) is 35.2 Å². The van der Waals surface area contributed by atoms with Gasteiger partial charge in [0.25, 0.3) is 5.69 Å². The lowest BCUT2D eigenvalue weighted by Gasteiger charge is -2.32. The topological polar surface area (TPSA) is 103 Å². The first-order chi connectivity index (χ1) is 14.8. The van der Waals surface area contributed by atoms with Crippen molar-refractivity contribution in [3.63, 3.8) is 0 Å². The van der Waals surface area contributed by atoms with E-state index in [0.717, 1.165) is 43.4 Å². The Balaban J connectivity index is 1.63. The summed E-state index contributed by atoms with van der Waals surface area (Å²) >= 11 is 0. The fraction of sp³-hybridized carbons (Fsp3) is 0.375. The summed E-state index contributed by atoms with van der Waals surface area (Å²) in [4.78, 5) is 26.1. The lowest BCUT2D eigenvalue weighted by molar-refractivity contribution is -0.384. The van der Waals surface area contributed by atoms with E-state index in [1.54, 1.807) is 18.2 Å². The molecule has 1 fully saturated rings. The number of piperidine rings is 1. The van der Waals surface area contributed by atoms with Gasteiger partial charge in [0.1, 0.15) is 5.58 Å². The number of nitrogens with zero attached hydrogens (tertiary/aromatic N) is 2. The molecule has 31 heavy (non-hydrogen) atoms. The number of nitrogen functional groups attached to an aromatic ring is 1. The zero-order valence-corrected chi connectivity index (χ0v) is 17.8. The van der Waals surface area contributed by atoms with E-state index in [0.29, 0.717) is 22.9 Å². The monoisotopic (exact) mass is 421 g/mol. The highest BCUT2D eigenvalue weighted by Crippen LogP contribution is 2.39. The molecule has 0 saturated carbocycles. The average Bonchev–Trinajstić information content (AvgIpc) is 3.08. The second-order valence-electron chi connectivity index (χ2n) is 8.70. The molecule has 162 valence electrons. The number of carbonyl (C=O) groups excluding carboxylic acids is 1. The van der Waals surface area contributed by atoms with Crippen molar-refractivity contribution >= 4 is 28.3 Å². The van der Waals surface area contributed by atoms with Gasteiger partial charge in [-0.3, -0.25) is 14.9 Å². The average molecular weight is 421 g/mol. The largest absolute Gasteiger partial charge is 0.441 e. The molecule has 1 aromatic heterocycles. The molecular formula is C24H27N3O4. The number of fused-ring (bicyclic) bond motifs is 1. The summed E-state index contributed by atoms with van der Waals surface area (Å²) in [7, 11) is 0. The summed E-state index contributed by atoms with van der Waals surface area (Å²) in [5.74, 6) is 1.08. The van der Waals surface area contributed by atoms with Crippen LogP contribution < -0.4 is 5.73 Å². The number of hydrogen-bond donors (Lipinski definition) is 1. The third kappa shape index (κ3) is 4.32. The van der Waals surface area contributed by atoms with Crippen molar-refractivity contribution in [2.24, 2.45) is 5.92 Å². The maximum absolute atomic E-state index is 13.0. The van der Waals surface area contributed by atoms with Crippen LogP contribution in [0.1, 0.15) is 54.1 Å². The quantitative estimate of drug-likeness (QED) is 0.342. The Morgan fingerprint density at radius 3 is 2.58 bits per heavy atom. The minimum Gasteiger partial charge on any atom is -0.441 e. The van der Waals surface area contributed by atoms with E-state index in [1.165, 1.54) is 18.2 Å². The van der Waals surface area contributed by atoms with Crippen LogP contribution in [0.3, 0.4) is 0 Å². The summed E-state index contributed by atoms with van der Waals surface area (Å²) in [5.41, 5.74) is 8.54. The summed E-state index contributed by atoms with van der Waals surface area (Å²) in [6.07, 6.45) is 1.99. The number of rotatable bonds is 6. The van der Waals surface area contributed by atoms with Crippen molar-refractivity contribution in [2.45, 2.75) is 32.6 Å². The molecule has 1 saturated heterocycles. The van der Waals surface area contributed by atoms with Crippen LogP contribution in [-0.2, 0) is 0 Å². The molecule has 7 nitrogen and oxygen atoms in total. The Bertz CT molecular complexity index is 1130. The first kappa shape index (κ1) is 21.1. The zero-order chi connectivity index (χ0) is 22.1. The number of likely N-dealkylation sites (tertiary alicyclic amines) is 1. The second-order valence-corrected chi connectivity index (χ2v) is 8.70. The minimum absolute atomic E-state index is 0.103. The molecule has 1 aliphatic rings. The number of nitro benzene ring substituents is 1. The molecule has 0 spiro atoms. The Hall–Kier alpha value is -3.19. The Kier molecular flexibility index (Phi) is 5.78. The number of benzene rings is 2. The van der Waals surface area contributed by atoms with E-state index in [4.69, 9.17) is 10.2 Å². The number of nitrogens with two attached hydrogens (primary N) is 1. The third-order valence-corrected chi connectivity index (χ3v) is 5.96. The van der Waals surface area contributed by atoms with Gasteiger partial charge in [0, 0.05) is 40.8 Å². The van der Waals surface area contributed by atoms with Gasteiger partial charge in [0.15, 0.2) is 11.7 Å². The van der Waals surface area contributed by atoms with Gasteiger partial charge in [0.2, 0.25) is 0 Å². The van der Waals surface area contributed by atoms with Crippen molar-refractivity contribution in [2.75, 3.05) is 25.4 Å². The highest BCUT2D eigenvalue weighted by atomic mass is 16.6. The number of non-ortho nitro benzene ring substituents is 1. The molecular weight excluding hydrogens is 394 g/mol. The molecule has 1 aliphatic heterocycles. The third-order valence-electron chi connectivity index (χ3n) is 5.96. The lowest BCUT2D eigenvalue weighted by Crippen LogP contribution is -2.35. The summed E-state index contributed by atoms with van der Waals surface area (Å²) in [6.45, 7) is 7.58. The molecule has 0 unspecified atom stereocenters. The van der Waals surface area contributed by atoms with Crippen molar-refractivity contribution in [1.82, 2.24) is 4.90 Å². The summed E-state index contributed by atoms with van der Waals surface area (Å²) < 4.78 is 5.80. The van der Waals surface area contributed by atoms with Crippen LogP contribution in [0.4, 0.5) is 11.6 Å². The maximum atomic E-state index is 13.0. The molecule has 7 heteroatoms. The number of hydrogen-bond acceptors (Lipinski definition) is 6. The lowest BCUT2D eigenvalue weighted by atomic mass is 9.87. The maximum Gasteiger partial charge on any atom is 0.270 e. The van der Waals surface area contributed by atoms with Crippen LogP contribution >= 0.6 is 0 Å². The van der Waals surface area contributed by atoms with E-state index in [2.05, 4.69) is 18.7 Å². The molecule has 2 aromatic carbocycles. The number of nitro groups is 1. The first-order valence-corrected chi connectivity index (χ1v) is 10.7. The first-order valence-electron chi connectivity index (χ1n) is 10.7. The minimum atomic E-state index is -0.499. The SMILES string of the molecule is CC(C)CN1CCC(c2c(N)oc3ccc(C(=O)c4cccc([N+](=O)[O-])c4)cc23)CC1. The van der Waals surface area contributed by atoms with Gasteiger partial charge in [-0.2, -0.15) is 0 Å². The fourth-order valence-electron chi connectivity index (χ4n) is 4.55. The molecule has 0 amide bonds. The van der Waals surface area contributed by atoms with Crippen LogP contribution in [0.25, 0.3) is 11.0 Å². The Morgan fingerprint density at radius 2 is 1.90 bits per heavy atom.